The summed E-state index contributed by atoms with van der Waals surface area (Å²) in [5.41, 5.74) is 3.47. The first-order chi connectivity index (χ1) is 10.8. The van der Waals surface area contributed by atoms with E-state index in [0.29, 0.717) is 12.0 Å². The van der Waals surface area contributed by atoms with Gasteiger partial charge in [-0.25, -0.2) is 0 Å². The minimum Gasteiger partial charge on any atom is -0.385 e. The van der Waals surface area contributed by atoms with E-state index in [1.54, 1.807) is 0 Å². The highest BCUT2D eigenvalue weighted by molar-refractivity contribution is 5.95. The van der Waals surface area contributed by atoms with Crippen LogP contribution in [0, 0.1) is 5.92 Å². The molecule has 3 N–H and O–H groups in total. The molecule has 1 aromatic rings. The molecule has 3 atom stereocenters. The fraction of sp³-hybridized carbons (Fsp3) is 0.611. The van der Waals surface area contributed by atoms with Gasteiger partial charge < -0.3 is 16.0 Å². The number of nitrogens with one attached hydrogen (secondary N) is 3. The number of anilines is 2. The molecule has 1 aromatic carbocycles. The van der Waals surface area contributed by atoms with Gasteiger partial charge in [-0.15, -0.1) is 0 Å². The van der Waals surface area contributed by atoms with Crippen LogP contribution in [0.1, 0.15) is 44.1 Å². The van der Waals surface area contributed by atoms with E-state index in [2.05, 4.69) is 28.1 Å². The molecule has 3 aliphatic rings. The van der Waals surface area contributed by atoms with Crippen LogP contribution in [0.15, 0.2) is 18.2 Å². The van der Waals surface area contributed by atoms with E-state index in [1.165, 1.54) is 36.9 Å². The van der Waals surface area contributed by atoms with Gasteiger partial charge in [0.1, 0.15) is 0 Å². The molecule has 1 aliphatic carbocycles. The Morgan fingerprint density at radius 3 is 3.00 bits per heavy atom. The van der Waals surface area contributed by atoms with Gasteiger partial charge in [0.25, 0.3) is 0 Å². The summed E-state index contributed by atoms with van der Waals surface area (Å²) in [6.07, 6.45) is 8.42. The quantitative estimate of drug-likeness (QED) is 0.787. The molecule has 4 rings (SSSR count). The number of benzene rings is 1. The van der Waals surface area contributed by atoms with Crippen molar-refractivity contribution in [3.05, 3.63) is 23.8 Å². The van der Waals surface area contributed by atoms with Crippen LogP contribution in [0.5, 0.6) is 0 Å². The van der Waals surface area contributed by atoms with Crippen LogP contribution in [-0.4, -0.2) is 24.5 Å². The normalized spacial score (nSPS) is 30.1. The van der Waals surface area contributed by atoms with Gasteiger partial charge in [-0.05, 0) is 61.8 Å². The molecular formula is C18H25N3O. The van der Waals surface area contributed by atoms with Gasteiger partial charge in [0, 0.05) is 24.0 Å². The fourth-order valence-corrected chi connectivity index (χ4v) is 4.30. The second kappa shape index (κ2) is 5.92. The Labute approximate surface area is 132 Å². The maximum absolute atomic E-state index is 12.5. The van der Waals surface area contributed by atoms with Crippen molar-refractivity contribution >= 4 is 17.3 Å². The highest BCUT2D eigenvalue weighted by Gasteiger charge is 2.38. The summed E-state index contributed by atoms with van der Waals surface area (Å²) in [5.74, 6) is 0.843. The second-order valence-electron chi connectivity index (χ2n) is 7.00. The van der Waals surface area contributed by atoms with Crippen LogP contribution in [0.25, 0.3) is 0 Å². The SMILES string of the molecule is O=C(Nc1ccc2c(c1)CCCN2)C1CC2CCCCC2N1. The Morgan fingerprint density at radius 2 is 2.09 bits per heavy atom. The number of carbonyl (C=O) groups is 1. The number of hydrogen-bond donors (Lipinski definition) is 3. The molecule has 0 aromatic heterocycles. The van der Waals surface area contributed by atoms with Crippen molar-refractivity contribution in [3.8, 4) is 0 Å². The van der Waals surface area contributed by atoms with Crippen molar-refractivity contribution < 1.29 is 4.79 Å². The lowest BCUT2D eigenvalue weighted by atomic mass is 9.85. The summed E-state index contributed by atoms with van der Waals surface area (Å²) in [6, 6.07) is 6.78. The lowest BCUT2D eigenvalue weighted by Crippen LogP contribution is -2.39. The maximum atomic E-state index is 12.5. The van der Waals surface area contributed by atoms with E-state index >= 15 is 0 Å². The Kier molecular flexibility index (Phi) is 3.78. The molecule has 0 spiro atoms. The van der Waals surface area contributed by atoms with Crippen molar-refractivity contribution in [1.82, 2.24) is 5.32 Å². The van der Waals surface area contributed by atoms with Crippen LogP contribution in [0.2, 0.25) is 0 Å². The lowest BCUT2D eigenvalue weighted by Gasteiger charge is -2.24. The van der Waals surface area contributed by atoms with Gasteiger partial charge in [0.2, 0.25) is 5.91 Å². The molecule has 4 heteroatoms. The molecule has 0 bridgehead atoms. The number of fused-ring (bicyclic) bond motifs is 2. The molecule has 1 amide bonds. The molecule has 2 aliphatic heterocycles. The zero-order chi connectivity index (χ0) is 14.9. The molecule has 4 nitrogen and oxygen atoms in total. The highest BCUT2D eigenvalue weighted by atomic mass is 16.2. The summed E-state index contributed by atoms with van der Waals surface area (Å²) in [5, 5.41) is 10.1. The van der Waals surface area contributed by atoms with Crippen LogP contribution in [0.3, 0.4) is 0 Å². The Hall–Kier alpha value is -1.55. The molecule has 2 fully saturated rings. The third kappa shape index (κ3) is 2.72. The third-order valence-electron chi connectivity index (χ3n) is 5.49. The molecule has 2 heterocycles. The minimum atomic E-state index is -0.0118. The van der Waals surface area contributed by atoms with E-state index in [4.69, 9.17) is 0 Å². The van der Waals surface area contributed by atoms with Crippen molar-refractivity contribution in [2.24, 2.45) is 5.92 Å². The van der Waals surface area contributed by atoms with Gasteiger partial charge in [-0.2, -0.15) is 0 Å². The topological polar surface area (TPSA) is 53.2 Å². The predicted molar refractivity (Wildman–Crippen MR) is 89.2 cm³/mol. The molecule has 118 valence electrons. The molecule has 1 saturated heterocycles. The summed E-state index contributed by atoms with van der Waals surface area (Å²) in [6.45, 7) is 1.05. The highest BCUT2D eigenvalue weighted by Crippen LogP contribution is 2.33. The van der Waals surface area contributed by atoms with E-state index in [9.17, 15) is 4.79 Å². The van der Waals surface area contributed by atoms with Crippen LogP contribution >= 0.6 is 0 Å². The second-order valence-corrected chi connectivity index (χ2v) is 7.00. The zero-order valence-electron chi connectivity index (χ0n) is 13.0. The van der Waals surface area contributed by atoms with E-state index in [1.807, 2.05) is 6.07 Å². The molecule has 3 unspecified atom stereocenters. The van der Waals surface area contributed by atoms with E-state index in [-0.39, 0.29) is 11.9 Å². The number of carbonyl (C=O) groups excluding carboxylic acids is 1. The average molecular weight is 299 g/mol. The first-order valence-corrected chi connectivity index (χ1v) is 8.73. The third-order valence-corrected chi connectivity index (χ3v) is 5.49. The van der Waals surface area contributed by atoms with E-state index in [0.717, 1.165) is 31.5 Å². The van der Waals surface area contributed by atoms with Crippen LogP contribution in [0.4, 0.5) is 11.4 Å². The first-order valence-electron chi connectivity index (χ1n) is 8.73. The van der Waals surface area contributed by atoms with Crippen LogP contribution in [-0.2, 0) is 11.2 Å². The smallest absolute Gasteiger partial charge is 0.241 e. The number of hydrogen-bond acceptors (Lipinski definition) is 3. The number of amides is 1. The standard InChI is InChI=1S/C18H25N3O/c22-18(17-11-13-4-1-2-6-16(13)21-17)20-14-7-8-15-12(10-14)5-3-9-19-15/h7-8,10,13,16-17,19,21H,1-6,9,11H2,(H,20,22). The zero-order valence-corrected chi connectivity index (χ0v) is 13.0. The first kappa shape index (κ1) is 14.1. The van der Waals surface area contributed by atoms with Crippen molar-refractivity contribution in [3.63, 3.8) is 0 Å². The largest absolute Gasteiger partial charge is 0.385 e. The van der Waals surface area contributed by atoms with Crippen molar-refractivity contribution in [1.29, 1.82) is 0 Å². The predicted octanol–water partition coefficient (Wildman–Crippen LogP) is 2.90. The average Bonchev–Trinajstić information content (AvgIpc) is 2.99. The summed E-state index contributed by atoms with van der Waals surface area (Å²) < 4.78 is 0. The number of aryl methyl sites for hydroxylation is 1. The van der Waals surface area contributed by atoms with Gasteiger partial charge in [0.05, 0.1) is 6.04 Å². The van der Waals surface area contributed by atoms with Gasteiger partial charge >= 0.3 is 0 Å². The Bertz CT molecular complexity index is 557. The van der Waals surface area contributed by atoms with Gasteiger partial charge in [0.15, 0.2) is 0 Å². The van der Waals surface area contributed by atoms with Gasteiger partial charge in [-0.1, -0.05) is 12.8 Å². The molecule has 22 heavy (non-hydrogen) atoms. The summed E-state index contributed by atoms with van der Waals surface area (Å²) in [7, 11) is 0. The fourth-order valence-electron chi connectivity index (χ4n) is 4.30. The Morgan fingerprint density at radius 1 is 1.18 bits per heavy atom. The molecular weight excluding hydrogens is 274 g/mol. The summed E-state index contributed by atoms with van der Waals surface area (Å²) >= 11 is 0. The minimum absolute atomic E-state index is 0.0118. The monoisotopic (exact) mass is 299 g/mol. The van der Waals surface area contributed by atoms with Crippen molar-refractivity contribution in [2.45, 2.75) is 57.0 Å². The molecule has 0 radical (unpaired) electrons. The van der Waals surface area contributed by atoms with Crippen LogP contribution < -0.4 is 16.0 Å². The van der Waals surface area contributed by atoms with Gasteiger partial charge in [-0.3, -0.25) is 4.79 Å². The molecule has 1 saturated carbocycles. The summed E-state index contributed by atoms with van der Waals surface area (Å²) in [4.78, 5) is 12.5. The Balaban J connectivity index is 1.41. The van der Waals surface area contributed by atoms with Crippen molar-refractivity contribution in [2.75, 3.05) is 17.2 Å². The number of rotatable bonds is 2. The van der Waals surface area contributed by atoms with E-state index < -0.39 is 0 Å². The maximum Gasteiger partial charge on any atom is 0.241 e. The lowest BCUT2D eigenvalue weighted by molar-refractivity contribution is -0.117.